The smallest absolute Gasteiger partial charge is 0.234 e. The minimum atomic E-state index is 0.0169. The predicted octanol–water partition coefficient (Wildman–Crippen LogP) is 1.02. The summed E-state index contributed by atoms with van der Waals surface area (Å²) in [5, 5.41) is 12.9. The third kappa shape index (κ3) is 10.9. The molecule has 9 heteroatoms. The molecule has 0 aromatic carbocycles. The molecule has 1 aromatic rings. The lowest BCUT2D eigenvalue weighted by molar-refractivity contribution is -0.119. The van der Waals surface area contributed by atoms with E-state index in [9.17, 15) is 9.59 Å². The fourth-order valence-electron chi connectivity index (χ4n) is 1.76. The van der Waals surface area contributed by atoms with E-state index in [1.54, 1.807) is 18.2 Å². The minimum Gasteiger partial charge on any atom is -0.382 e. The van der Waals surface area contributed by atoms with Gasteiger partial charge in [0, 0.05) is 39.4 Å². The Balaban J connectivity index is 0.000000541. The highest BCUT2D eigenvalue weighted by Crippen LogP contribution is 2.09. The lowest BCUT2D eigenvalue weighted by Gasteiger charge is -2.23. The molecule has 0 aliphatic carbocycles. The Morgan fingerprint density at radius 3 is 2.65 bits per heavy atom. The van der Waals surface area contributed by atoms with Crippen molar-refractivity contribution in [1.29, 1.82) is 5.26 Å². The normalized spacial score (nSPS) is 10.8. The van der Waals surface area contributed by atoms with E-state index in [4.69, 9.17) is 10.00 Å². The molecule has 1 atom stereocenters. The van der Waals surface area contributed by atoms with Gasteiger partial charge in [-0.05, 0) is 19.3 Å². The first-order valence-corrected chi connectivity index (χ1v) is 8.31. The number of carbonyl (C=O) groups is 2. The Hall–Kier alpha value is -2.73. The van der Waals surface area contributed by atoms with Crippen LogP contribution in [-0.2, 0) is 14.3 Å². The number of nitrogens with one attached hydrogen (secondary N) is 2. The fraction of sp³-hybridized carbons (Fsp3) is 0.588. The summed E-state index contributed by atoms with van der Waals surface area (Å²) in [7, 11) is 1.67. The molecule has 1 heterocycles. The average Bonchev–Trinajstić information content (AvgIpc) is 2.61. The zero-order valence-corrected chi connectivity index (χ0v) is 16.0. The van der Waals surface area contributed by atoms with Gasteiger partial charge in [0.1, 0.15) is 6.07 Å². The number of nitrogens with zero attached hydrogens (tertiary/aromatic N) is 4. The van der Waals surface area contributed by atoms with Crippen LogP contribution in [0.15, 0.2) is 12.3 Å². The van der Waals surface area contributed by atoms with E-state index in [0.29, 0.717) is 31.2 Å². The summed E-state index contributed by atoms with van der Waals surface area (Å²) in [6, 6.07) is 3.49. The van der Waals surface area contributed by atoms with Crippen LogP contribution in [0.1, 0.15) is 39.9 Å². The standard InChI is InChI=1S/C10H13N5O.C7H15NO2/c1-8(2)6-15(13-7-16)10-3-4-12-9(5-11)14-10;1-6(10-3)4-5-8-7(2)9/h3-4,7-8H,6H2,1-2H3,(H,13,16);6H,4-5H2,1-3H3,(H,8,9). The summed E-state index contributed by atoms with van der Waals surface area (Å²) in [6.45, 7) is 8.84. The summed E-state index contributed by atoms with van der Waals surface area (Å²) in [6.07, 6.45) is 3.17. The minimum absolute atomic E-state index is 0.0169. The van der Waals surface area contributed by atoms with Crippen LogP contribution >= 0.6 is 0 Å². The maximum Gasteiger partial charge on any atom is 0.234 e. The first-order chi connectivity index (χ1) is 12.3. The molecule has 1 rings (SSSR count). The third-order valence-electron chi connectivity index (χ3n) is 3.10. The van der Waals surface area contributed by atoms with Crippen molar-refractivity contribution in [2.75, 3.05) is 25.2 Å². The molecule has 1 unspecified atom stereocenters. The number of aromatic nitrogens is 2. The molecule has 9 nitrogen and oxygen atoms in total. The molecule has 2 N–H and O–H groups in total. The lowest BCUT2D eigenvalue weighted by Crippen LogP contribution is -2.40. The summed E-state index contributed by atoms with van der Waals surface area (Å²) >= 11 is 0. The number of hydrogen-bond donors (Lipinski definition) is 2. The van der Waals surface area contributed by atoms with Crippen LogP contribution in [-0.4, -0.2) is 48.6 Å². The summed E-state index contributed by atoms with van der Waals surface area (Å²) in [5.41, 5.74) is 2.53. The number of amides is 2. The molecule has 0 saturated carbocycles. The van der Waals surface area contributed by atoms with Crippen LogP contribution in [0.5, 0.6) is 0 Å². The first kappa shape index (κ1) is 23.3. The van der Waals surface area contributed by atoms with Crippen LogP contribution in [0, 0.1) is 17.2 Å². The van der Waals surface area contributed by atoms with Crippen LogP contribution in [0.25, 0.3) is 0 Å². The molecule has 0 bridgehead atoms. The molecule has 0 radical (unpaired) electrons. The predicted molar refractivity (Wildman–Crippen MR) is 97.9 cm³/mol. The van der Waals surface area contributed by atoms with Crippen molar-refractivity contribution in [2.24, 2.45) is 5.92 Å². The lowest BCUT2D eigenvalue weighted by atomic mass is 10.2. The molecule has 2 amide bonds. The molecule has 1 aromatic heterocycles. The van der Waals surface area contributed by atoms with Crippen molar-refractivity contribution >= 4 is 18.1 Å². The molecular formula is C17H28N6O3. The number of nitriles is 1. The van der Waals surface area contributed by atoms with Gasteiger partial charge in [0.2, 0.25) is 18.1 Å². The van der Waals surface area contributed by atoms with E-state index >= 15 is 0 Å². The van der Waals surface area contributed by atoms with Gasteiger partial charge in [-0.15, -0.1) is 0 Å². The van der Waals surface area contributed by atoms with E-state index in [1.807, 2.05) is 26.8 Å². The Bertz CT molecular complexity index is 588. The number of ether oxygens (including phenoxy) is 1. The number of rotatable bonds is 9. The first-order valence-electron chi connectivity index (χ1n) is 8.31. The summed E-state index contributed by atoms with van der Waals surface area (Å²) in [5.74, 6) is 0.961. The molecule has 0 aliphatic rings. The van der Waals surface area contributed by atoms with E-state index in [-0.39, 0.29) is 17.8 Å². The Labute approximate surface area is 154 Å². The fourth-order valence-corrected chi connectivity index (χ4v) is 1.76. The van der Waals surface area contributed by atoms with Gasteiger partial charge in [-0.2, -0.15) is 10.2 Å². The Morgan fingerprint density at radius 1 is 1.46 bits per heavy atom. The molecule has 26 heavy (non-hydrogen) atoms. The van der Waals surface area contributed by atoms with Crippen LogP contribution in [0.2, 0.25) is 0 Å². The maximum atomic E-state index is 10.5. The highest BCUT2D eigenvalue weighted by Gasteiger charge is 2.10. The second-order valence-electron chi connectivity index (χ2n) is 5.92. The number of hydrazine groups is 1. The molecule has 144 valence electrons. The number of hydrogen-bond acceptors (Lipinski definition) is 7. The van der Waals surface area contributed by atoms with Gasteiger partial charge < -0.3 is 10.1 Å². The molecule has 0 saturated heterocycles. The average molecular weight is 364 g/mol. The van der Waals surface area contributed by atoms with Crippen molar-refractivity contribution < 1.29 is 14.3 Å². The van der Waals surface area contributed by atoms with Crippen LogP contribution in [0.4, 0.5) is 5.82 Å². The molecule has 0 spiro atoms. The number of methoxy groups -OCH3 is 1. The quantitative estimate of drug-likeness (QED) is 0.496. The molecule has 0 fully saturated rings. The molecular weight excluding hydrogens is 336 g/mol. The van der Waals surface area contributed by atoms with E-state index < -0.39 is 0 Å². The van der Waals surface area contributed by atoms with Crippen molar-refractivity contribution in [3.8, 4) is 6.07 Å². The van der Waals surface area contributed by atoms with Gasteiger partial charge >= 0.3 is 0 Å². The summed E-state index contributed by atoms with van der Waals surface area (Å²) < 4.78 is 4.98. The monoisotopic (exact) mass is 364 g/mol. The van der Waals surface area contributed by atoms with Crippen molar-refractivity contribution in [3.05, 3.63) is 18.1 Å². The third-order valence-corrected chi connectivity index (χ3v) is 3.10. The summed E-state index contributed by atoms with van der Waals surface area (Å²) in [4.78, 5) is 28.6. The largest absolute Gasteiger partial charge is 0.382 e. The molecule has 0 aliphatic heterocycles. The topological polar surface area (TPSA) is 120 Å². The SMILES string of the molecule is CC(C)CN(NC=O)c1ccnc(C#N)n1.COC(C)CCNC(C)=O. The zero-order valence-electron chi connectivity index (χ0n) is 16.0. The van der Waals surface area contributed by atoms with Gasteiger partial charge in [-0.1, -0.05) is 13.8 Å². The van der Waals surface area contributed by atoms with Crippen molar-refractivity contribution in [2.45, 2.75) is 40.2 Å². The van der Waals surface area contributed by atoms with Crippen LogP contribution in [0.3, 0.4) is 0 Å². The van der Waals surface area contributed by atoms with Gasteiger partial charge in [0.15, 0.2) is 5.82 Å². The van der Waals surface area contributed by atoms with Gasteiger partial charge in [0.05, 0.1) is 6.10 Å². The van der Waals surface area contributed by atoms with E-state index in [0.717, 1.165) is 6.42 Å². The van der Waals surface area contributed by atoms with Gasteiger partial charge in [-0.25, -0.2) is 4.98 Å². The highest BCUT2D eigenvalue weighted by atomic mass is 16.5. The Kier molecular flexibility index (Phi) is 12.1. The van der Waals surface area contributed by atoms with Crippen molar-refractivity contribution in [1.82, 2.24) is 20.7 Å². The van der Waals surface area contributed by atoms with Gasteiger partial charge in [-0.3, -0.25) is 20.0 Å². The van der Waals surface area contributed by atoms with Crippen LogP contribution < -0.4 is 15.8 Å². The zero-order chi connectivity index (χ0) is 19.9. The van der Waals surface area contributed by atoms with E-state index in [2.05, 4.69) is 20.7 Å². The van der Waals surface area contributed by atoms with Crippen molar-refractivity contribution in [3.63, 3.8) is 0 Å². The highest BCUT2D eigenvalue weighted by molar-refractivity contribution is 5.72. The number of anilines is 1. The second kappa shape index (κ2) is 13.5. The van der Waals surface area contributed by atoms with E-state index in [1.165, 1.54) is 13.1 Å². The second-order valence-corrected chi connectivity index (χ2v) is 5.92. The van der Waals surface area contributed by atoms with Gasteiger partial charge in [0.25, 0.3) is 0 Å². The maximum absolute atomic E-state index is 10.5. The number of carbonyl (C=O) groups excluding carboxylic acids is 2. The Morgan fingerprint density at radius 2 is 2.15 bits per heavy atom.